The van der Waals surface area contributed by atoms with Gasteiger partial charge in [0.1, 0.15) is 11.4 Å². The van der Waals surface area contributed by atoms with Gasteiger partial charge in [0.15, 0.2) is 0 Å². The molecule has 0 radical (unpaired) electrons. The van der Waals surface area contributed by atoms with Crippen LogP contribution >= 0.6 is 0 Å². The molecule has 0 spiro atoms. The van der Waals surface area contributed by atoms with Crippen LogP contribution in [-0.4, -0.2) is 34.8 Å². The summed E-state index contributed by atoms with van der Waals surface area (Å²) in [5.74, 6) is -0.980. The van der Waals surface area contributed by atoms with Gasteiger partial charge in [-0.2, -0.15) is 0 Å². The summed E-state index contributed by atoms with van der Waals surface area (Å²) in [7, 11) is 0. The molecule has 0 saturated carbocycles. The number of hydrogen-bond acceptors (Lipinski definition) is 3. The topological polar surface area (TPSA) is 78.5 Å². The fourth-order valence-corrected chi connectivity index (χ4v) is 3.17. The summed E-state index contributed by atoms with van der Waals surface area (Å²) in [6, 6.07) is 4.96. The first-order valence-corrected chi connectivity index (χ1v) is 8.61. The molecule has 2 N–H and O–H groups in total. The average molecular weight is 349 g/mol. The van der Waals surface area contributed by atoms with E-state index in [1.807, 2.05) is 13.8 Å². The summed E-state index contributed by atoms with van der Waals surface area (Å²) in [4.78, 5) is 38.0. The van der Waals surface area contributed by atoms with Gasteiger partial charge in [0.2, 0.25) is 5.91 Å². The molecule has 0 atom stereocenters. The van der Waals surface area contributed by atoms with Crippen LogP contribution in [0, 0.1) is 5.82 Å². The number of urea groups is 1. The summed E-state index contributed by atoms with van der Waals surface area (Å²) in [6.07, 6.45) is 2.73. The van der Waals surface area contributed by atoms with E-state index >= 15 is 0 Å². The highest BCUT2D eigenvalue weighted by Gasteiger charge is 2.49. The van der Waals surface area contributed by atoms with Gasteiger partial charge in [-0.3, -0.25) is 14.5 Å². The van der Waals surface area contributed by atoms with Gasteiger partial charge in [-0.05, 0) is 37.1 Å². The minimum absolute atomic E-state index is 0.00906. The number of amides is 4. The fourth-order valence-electron chi connectivity index (χ4n) is 3.17. The van der Waals surface area contributed by atoms with Gasteiger partial charge >= 0.3 is 6.03 Å². The molecule has 0 unspecified atom stereocenters. The van der Waals surface area contributed by atoms with Gasteiger partial charge in [0, 0.05) is 18.7 Å². The molecule has 7 heteroatoms. The molecule has 0 bridgehead atoms. The number of rotatable bonds is 8. The number of imide groups is 1. The Bertz CT molecular complexity index is 639. The van der Waals surface area contributed by atoms with Crippen LogP contribution in [-0.2, 0) is 9.59 Å². The molecule has 1 aromatic rings. The lowest BCUT2D eigenvalue weighted by molar-refractivity contribution is -0.132. The molecule has 2 rings (SSSR count). The molecule has 1 saturated heterocycles. The van der Waals surface area contributed by atoms with Crippen molar-refractivity contribution < 1.29 is 18.8 Å². The Morgan fingerprint density at radius 2 is 1.76 bits per heavy atom. The fraction of sp³-hybridized carbons (Fsp3) is 0.500. The summed E-state index contributed by atoms with van der Waals surface area (Å²) >= 11 is 0. The van der Waals surface area contributed by atoms with Crippen molar-refractivity contribution in [1.29, 1.82) is 0 Å². The zero-order valence-corrected chi connectivity index (χ0v) is 14.6. The number of anilines is 1. The summed E-state index contributed by atoms with van der Waals surface area (Å²) in [6.45, 7) is 3.96. The number of hydrogen-bond donors (Lipinski definition) is 2. The highest BCUT2D eigenvalue weighted by molar-refractivity contribution is 6.07. The number of carbonyl (C=O) groups excluding carboxylic acids is 3. The molecule has 25 heavy (non-hydrogen) atoms. The van der Waals surface area contributed by atoms with Crippen molar-refractivity contribution in [3.05, 3.63) is 30.1 Å². The molecular formula is C18H24FN3O3. The first-order chi connectivity index (χ1) is 11.9. The van der Waals surface area contributed by atoms with Gasteiger partial charge in [-0.15, -0.1) is 0 Å². The average Bonchev–Trinajstić information content (AvgIpc) is 2.79. The highest BCUT2D eigenvalue weighted by atomic mass is 19.1. The third-order valence-corrected chi connectivity index (χ3v) is 4.29. The van der Waals surface area contributed by atoms with Crippen LogP contribution in [0.1, 0.15) is 46.0 Å². The van der Waals surface area contributed by atoms with E-state index in [9.17, 15) is 18.8 Å². The Labute approximate surface area is 146 Å². The maximum absolute atomic E-state index is 12.9. The zero-order chi connectivity index (χ0) is 18.4. The van der Waals surface area contributed by atoms with E-state index < -0.39 is 11.6 Å². The van der Waals surface area contributed by atoms with Crippen LogP contribution in [0.3, 0.4) is 0 Å². The molecular weight excluding hydrogens is 325 g/mol. The minimum atomic E-state index is -0.839. The number of benzene rings is 1. The van der Waals surface area contributed by atoms with Crippen molar-refractivity contribution in [1.82, 2.24) is 10.2 Å². The number of nitrogens with zero attached hydrogens (tertiary/aromatic N) is 1. The third kappa shape index (κ3) is 4.35. The second kappa shape index (κ2) is 8.09. The van der Waals surface area contributed by atoms with Crippen molar-refractivity contribution in [2.24, 2.45) is 0 Å². The van der Waals surface area contributed by atoms with E-state index in [1.165, 1.54) is 24.3 Å². The van der Waals surface area contributed by atoms with E-state index in [4.69, 9.17) is 0 Å². The molecule has 0 aromatic heterocycles. The van der Waals surface area contributed by atoms with Gasteiger partial charge < -0.3 is 10.6 Å². The van der Waals surface area contributed by atoms with E-state index in [0.29, 0.717) is 18.5 Å². The molecule has 1 fully saturated rings. The van der Waals surface area contributed by atoms with E-state index in [0.717, 1.165) is 17.7 Å². The monoisotopic (exact) mass is 349 g/mol. The van der Waals surface area contributed by atoms with Crippen molar-refractivity contribution in [3.63, 3.8) is 0 Å². The first kappa shape index (κ1) is 18.9. The van der Waals surface area contributed by atoms with Crippen LogP contribution in [0.25, 0.3) is 0 Å². The second-order valence-corrected chi connectivity index (χ2v) is 6.27. The highest BCUT2D eigenvalue weighted by Crippen LogP contribution is 2.28. The maximum Gasteiger partial charge on any atom is 0.325 e. The van der Waals surface area contributed by atoms with Gasteiger partial charge in [0.25, 0.3) is 5.91 Å². The Kier molecular flexibility index (Phi) is 6.12. The molecule has 1 heterocycles. The van der Waals surface area contributed by atoms with Crippen LogP contribution in [0.5, 0.6) is 0 Å². The standard InChI is InChI=1S/C18H24FN3O3/c1-3-10-18(11-4-2)16(24)22(17(25)21-18)12-9-15(23)20-14-7-5-13(19)6-8-14/h5-8H,3-4,9-12H2,1-2H3,(H,20,23)(H,21,25). The van der Waals surface area contributed by atoms with Crippen molar-refractivity contribution in [3.8, 4) is 0 Å². The van der Waals surface area contributed by atoms with Crippen LogP contribution < -0.4 is 10.6 Å². The smallest absolute Gasteiger partial charge is 0.325 e. The van der Waals surface area contributed by atoms with Gasteiger partial charge in [0.05, 0.1) is 0 Å². The van der Waals surface area contributed by atoms with E-state index in [2.05, 4.69) is 10.6 Å². The Hall–Kier alpha value is -2.44. The van der Waals surface area contributed by atoms with Crippen LogP contribution in [0.15, 0.2) is 24.3 Å². The van der Waals surface area contributed by atoms with Crippen molar-refractivity contribution in [2.45, 2.75) is 51.5 Å². The van der Waals surface area contributed by atoms with Crippen molar-refractivity contribution in [2.75, 3.05) is 11.9 Å². The lowest BCUT2D eigenvalue weighted by Gasteiger charge is -2.25. The van der Waals surface area contributed by atoms with E-state index in [1.54, 1.807) is 0 Å². The van der Waals surface area contributed by atoms with Crippen LogP contribution in [0.2, 0.25) is 0 Å². The molecule has 6 nitrogen and oxygen atoms in total. The summed E-state index contributed by atoms with van der Waals surface area (Å²) in [5.41, 5.74) is -0.372. The quantitative estimate of drug-likeness (QED) is 0.708. The molecule has 1 aromatic carbocycles. The first-order valence-electron chi connectivity index (χ1n) is 8.61. The van der Waals surface area contributed by atoms with Crippen LogP contribution in [0.4, 0.5) is 14.9 Å². The zero-order valence-electron chi connectivity index (χ0n) is 14.6. The summed E-state index contributed by atoms with van der Waals surface area (Å²) < 4.78 is 12.9. The number of carbonyl (C=O) groups is 3. The van der Waals surface area contributed by atoms with Gasteiger partial charge in [-0.1, -0.05) is 26.7 Å². The molecule has 136 valence electrons. The molecule has 4 amide bonds. The van der Waals surface area contributed by atoms with E-state index in [-0.39, 0.29) is 30.6 Å². The SMILES string of the molecule is CCCC1(CCC)NC(=O)N(CCC(=O)Nc2ccc(F)cc2)C1=O. The Morgan fingerprint density at radius 1 is 1.16 bits per heavy atom. The molecule has 1 aliphatic rings. The second-order valence-electron chi connectivity index (χ2n) is 6.27. The predicted octanol–water partition coefficient (Wildman–Crippen LogP) is 3.05. The maximum atomic E-state index is 12.9. The number of nitrogens with one attached hydrogen (secondary N) is 2. The third-order valence-electron chi connectivity index (χ3n) is 4.29. The largest absolute Gasteiger partial charge is 0.326 e. The predicted molar refractivity (Wildman–Crippen MR) is 92.4 cm³/mol. The normalized spacial score (nSPS) is 16.0. The Morgan fingerprint density at radius 3 is 2.32 bits per heavy atom. The van der Waals surface area contributed by atoms with Gasteiger partial charge in [-0.25, -0.2) is 9.18 Å². The minimum Gasteiger partial charge on any atom is -0.326 e. The molecule has 0 aliphatic carbocycles. The number of halogens is 1. The summed E-state index contributed by atoms with van der Waals surface area (Å²) in [5, 5.41) is 5.43. The molecule has 1 aliphatic heterocycles. The lowest BCUT2D eigenvalue weighted by atomic mass is 9.88. The Balaban J connectivity index is 1.95. The lowest BCUT2D eigenvalue weighted by Crippen LogP contribution is -2.46. The van der Waals surface area contributed by atoms with Crippen molar-refractivity contribution >= 4 is 23.5 Å².